The summed E-state index contributed by atoms with van der Waals surface area (Å²) in [4.78, 5) is 13.8. The molecule has 1 atom stereocenters. The molecule has 0 radical (unpaired) electrons. The molecular formula is C12H14BrFN2O. The summed E-state index contributed by atoms with van der Waals surface area (Å²) in [6.07, 6.45) is 0. The van der Waals surface area contributed by atoms with Gasteiger partial charge in [0.2, 0.25) is 0 Å². The van der Waals surface area contributed by atoms with Crippen molar-refractivity contribution in [3.8, 4) is 0 Å². The Morgan fingerprint density at radius 1 is 1.59 bits per heavy atom. The Morgan fingerprint density at radius 3 is 3.00 bits per heavy atom. The van der Waals surface area contributed by atoms with Crippen LogP contribution in [0.5, 0.6) is 0 Å². The van der Waals surface area contributed by atoms with Gasteiger partial charge in [0, 0.05) is 30.1 Å². The highest BCUT2D eigenvalue weighted by Gasteiger charge is 2.23. The Hall–Kier alpha value is -0.940. The van der Waals surface area contributed by atoms with E-state index in [1.807, 2.05) is 6.92 Å². The van der Waals surface area contributed by atoms with Crippen molar-refractivity contribution in [3.05, 3.63) is 34.1 Å². The van der Waals surface area contributed by atoms with Gasteiger partial charge in [-0.25, -0.2) is 4.39 Å². The van der Waals surface area contributed by atoms with Gasteiger partial charge in [-0.15, -0.1) is 0 Å². The molecule has 0 spiro atoms. The molecule has 5 heteroatoms. The number of hydrogen-bond acceptors (Lipinski definition) is 2. The van der Waals surface area contributed by atoms with Gasteiger partial charge in [-0.05, 0) is 25.1 Å². The number of piperazine rings is 1. The van der Waals surface area contributed by atoms with Gasteiger partial charge in [0.15, 0.2) is 0 Å². The fourth-order valence-corrected chi connectivity index (χ4v) is 2.28. The maximum absolute atomic E-state index is 13.7. The van der Waals surface area contributed by atoms with Crippen LogP contribution in [0.3, 0.4) is 0 Å². The van der Waals surface area contributed by atoms with Crippen molar-refractivity contribution in [3.63, 3.8) is 0 Å². The second-order valence-electron chi connectivity index (χ2n) is 4.23. The van der Waals surface area contributed by atoms with Crippen molar-refractivity contribution >= 4 is 21.8 Å². The van der Waals surface area contributed by atoms with Crippen LogP contribution in [0.15, 0.2) is 22.7 Å². The minimum atomic E-state index is -0.476. The topological polar surface area (TPSA) is 32.3 Å². The molecule has 1 unspecified atom stereocenters. The first-order valence-corrected chi connectivity index (χ1v) is 6.35. The lowest BCUT2D eigenvalue weighted by Crippen LogP contribution is -2.51. The SMILES string of the molecule is CC1CN(C(=O)c2ccc(Br)cc2F)CCN1. The highest BCUT2D eigenvalue weighted by Crippen LogP contribution is 2.17. The molecule has 1 N–H and O–H groups in total. The number of hydrogen-bond donors (Lipinski definition) is 1. The first-order chi connectivity index (χ1) is 8.08. The Labute approximate surface area is 108 Å². The lowest BCUT2D eigenvalue weighted by atomic mass is 10.1. The largest absolute Gasteiger partial charge is 0.336 e. The summed E-state index contributed by atoms with van der Waals surface area (Å²) in [6, 6.07) is 4.78. The molecule has 1 fully saturated rings. The van der Waals surface area contributed by atoms with Crippen LogP contribution in [-0.4, -0.2) is 36.5 Å². The quantitative estimate of drug-likeness (QED) is 0.861. The third-order valence-electron chi connectivity index (χ3n) is 2.82. The zero-order valence-corrected chi connectivity index (χ0v) is 11.1. The van der Waals surface area contributed by atoms with Gasteiger partial charge in [-0.3, -0.25) is 4.79 Å². The average molecular weight is 301 g/mol. The van der Waals surface area contributed by atoms with Gasteiger partial charge < -0.3 is 10.2 Å². The van der Waals surface area contributed by atoms with Gasteiger partial charge in [0.1, 0.15) is 5.82 Å². The molecule has 2 rings (SSSR count). The number of carbonyl (C=O) groups excluding carboxylic acids is 1. The normalized spacial score (nSPS) is 20.4. The highest BCUT2D eigenvalue weighted by atomic mass is 79.9. The molecule has 0 saturated carbocycles. The Balaban J connectivity index is 2.18. The third kappa shape index (κ3) is 2.84. The number of nitrogens with one attached hydrogen (secondary N) is 1. The summed E-state index contributed by atoms with van der Waals surface area (Å²) >= 11 is 3.18. The molecule has 1 saturated heterocycles. The smallest absolute Gasteiger partial charge is 0.256 e. The molecule has 92 valence electrons. The van der Waals surface area contributed by atoms with E-state index in [1.165, 1.54) is 12.1 Å². The van der Waals surface area contributed by atoms with Crippen LogP contribution in [0.2, 0.25) is 0 Å². The van der Waals surface area contributed by atoms with Crippen molar-refractivity contribution in [1.82, 2.24) is 10.2 Å². The summed E-state index contributed by atoms with van der Waals surface area (Å²) < 4.78 is 14.3. The maximum Gasteiger partial charge on any atom is 0.256 e. The van der Waals surface area contributed by atoms with Crippen LogP contribution in [-0.2, 0) is 0 Å². The first kappa shape index (κ1) is 12.5. The van der Waals surface area contributed by atoms with E-state index in [0.717, 1.165) is 6.54 Å². The zero-order valence-electron chi connectivity index (χ0n) is 9.54. The zero-order chi connectivity index (χ0) is 12.4. The monoisotopic (exact) mass is 300 g/mol. The van der Waals surface area contributed by atoms with Gasteiger partial charge in [-0.1, -0.05) is 15.9 Å². The first-order valence-electron chi connectivity index (χ1n) is 5.55. The van der Waals surface area contributed by atoms with Crippen molar-refractivity contribution in [2.45, 2.75) is 13.0 Å². The second kappa shape index (κ2) is 5.14. The number of halogens is 2. The predicted octanol–water partition coefficient (Wildman–Crippen LogP) is 2.02. The van der Waals surface area contributed by atoms with Crippen LogP contribution >= 0.6 is 15.9 Å². The summed E-state index contributed by atoms with van der Waals surface area (Å²) in [7, 11) is 0. The molecule has 17 heavy (non-hydrogen) atoms. The highest BCUT2D eigenvalue weighted by molar-refractivity contribution is 9.10. The van der Waals surface area contributed by atoms with E-state index in [1.54, 1.807) is 11.0 Å². The van der Waals surface area contributed by atoms with Gasteiger partial charge >= 0.3 is 0 Å². The van der Waals surface area contributed by atoms with Crippen LogP contribution in [0.25, 0.3) is 0 Å². The van der Waals surface area contributed by atoms with E-state index in [4.69, 9.17) is 0 Å². The molecule has 0 bridgehead atoms. The molecule has 1 aliphatic rings. The van der Waals surface area contributed by atoms with E-state index >= 15 is 0 Å². The number of carbonyl (C=O) groups is 1. The van der Waals surface area contributed by atoms with Gasteiger partial charge in [-0.2, -0.15) is 0 Å². The van der Waals surface area contributed by atoms with E-state index in [-0.39, 0.29) is 17.5 Å². The number of rotatable bonds is 1. The Morgan fingerprint density at radius 2 is 2.35 bits per heavy atom. The molecule has 0 aromatic heterocycles. The summed E-state index contributed by atoms with van der Waals surface area (Å²) in [6.45, 7) is 4.01. The molecule has 1 aliphatic heterocycles. The molecule has 0 aliphatic carbocycles. The predicted molar refractivity (Wildman–Crippen MR) is 67.5 cm³/mol. The summed E-state index contributed by atoms with van der Waals surface area (Å²) in [5.41, 5.74) is 0.141. The van der Waals surface area contributed by atoms with Crippen molar-refractivity contribution < 1.29 is 9.18 Å². The van der Waals surface area contributed by atoms with Crippen molar-refractivity contribution in [2.75, 3.05) is 19.6 Å². The van der Waals surface area contributed by atoms with Gasteiger partial charge in [0.25, 0.3) is 5.91 Å². The lowest BCUT2D eigenvalue weighted by molar-refractivity contribution is 0.0704. The fraction of sp³-hybridized carbons (Fsp3) is 0.417. The minimum absolute atomic E-state index is 0.141. The number of nitrogens with zero attached hydrogens (tertiary/aromatic N) is 1. The van der Waals surface area contributed by atoms with E-state index < -0.39 is 5.82 Å². The molecule has 1 aromatic rings. The minimum Gasteiger partial charge on any atom is -0.336 e. The average Bonchev–Trinajstić information content (AvgIpc) is 2.28. The maximum atomic E-state index is 13.7. The number of amides is 1. The molecule has 1 heterocycles. The van der Waals surface area contributed by atoms with Crippen LogP contribution < -0.4 is 5.32 Å². The standard InChI is InChI=1S/C12H14BrFN2O/c1-8-7-16(5-4-15-8)12(17)10-3-2-9(13)6-11(10)14/h2-3,6,8,15H,4-5,7H2,1H3. The second-order valence-corrected chi connectivity index (χ2v) is 5.15. The van der Waals surface area contributed by atoms with Crippen LogP contribution in [0.4, 0.5) is 4.39 Å². The molecule has 3 nitrogen and oxygen atoms in total. The van der Waals surface area contributed by atoms with E-state index in [2.05, 4.69) is 21.2 Å². The van der Waals surface area contributed by atoms with Crippen molar-refractivity contribution in [1.29, 1.82) is 0 Å². The van der Waals surface area contributed by atoms with Crippen molar-refractivity contribution in [2.24, 2.45) is 0 Å². The van der Waals surface area contributed by atoms with Crippen LogP contribution in [0, 0.1) is 5.82 Å². The third-order valence-corrected chi connectivity index (χ3v) is 3.31. The summed E-state index contributed by atoms with van der Waals surface area (Å²) in [5.74, 6) is -0.709. The van der Waals surface area contributed by atoms with Crippen LogP contribution in [0.1, 0.15) is 17.3 Å². The lowest BCUT2D eigenvalue weighted by Gasteiger charge is -2.32. The molecule has 1 amide bonds. The van der Waals surface area contributed by atoms with E-state index in [9.17, 15) is 9.18 Å². The van der Waals surface area contributed by atoms with E-state index in [0.29, 0.717) is 17.6 Å². The fourth-order valence-electron chi connectivity index (χ4n) is 1.95. The molecule has 1 aromatic carbocycles. The summed E-state index contributed by atoms with van der Waals surface area (Å²) in [5, 5.41) is 3.25. The molecular weight excluding hydrogens is 287 g/mol. The number of benzene rings is 1. The Bertz CT molecular complexity index is 439. The van der Waals surface area contributed by atoms with Gasteiger partial charge in [0.05, 0.1) is 5.56 Å². The Kier molecular flexibility index (Phi) is 3.79.